The topological polar surface area (TPSA) is 49.4 Å². The number of nitrogens with one attached hydrogen (secondary N) is 1. The van der Waals surface area contributed by atoms with Crippen molar-refractivity contribution in [3.8, 4) is 0 Å². The Balaban J connectivity index is 2.24. The van der Waals surface area contributed by atoms with Crippen LogP contribution in [0.25, 0.3) is 0 Å². The number of carbonyl (C=O) groups excluding carboxylic acids is 2. The number of hydrogen-bond donors (Lipinski definition) is 1. The van der Waals surface area contributed by atoms with Gasteiger partial charge in [-0.15, -0.1) is 0 Å². The molecule has 1 aliphatic heterocycles. The molecule has 0 saturated carbocycles. The molecule has 1 atom stereocenters. The lowest BCUT2D eigenvalue weighted by atomic mass is 10.1. The Bertz CT molecular complexity index is 444. The molecule has 1 N–H and O–H groups in total. The Hall–Kier alpha value is -1.91. The number of imide groups is 1. The van der Waals surface area contributed by atoms with E-state index in [2.05, 4.69) is 5.32 Å². The summed E-state index contributed by atoms with van der Waals surface area (Å²) in [6.07, 6.45) is 1.43. The predicted octanol–water partition coefficient (Wildman–Crippen LogP) is 2.05. The Kier molecular flexibility index (Phi) is 3.08. The van der Waals surface area contributed by atoms with Crippen molar-refractivity contribution in [2.75, 3.05) is 4.90 Å². The second-order valence-corrected chi connectivity index (χ2v) is 3.94. The maximum absolute atomic E-state index is 12.8. The van der Waals surface area contributed by atoms with Gasteiger partial charge >= 0.3 is 6.03 Å². The molecule has 1 aromatic rings. The molecule has 0 bridgehead atoms. The second-order valence-electron chi connectivity index (χ2n) is 3.94. The lowest BCUT2D eigenvalue weighted by molar-refractivity contribution is -0.118. The predicted molar refractivity (Wildman–Crippen MR) is 61.1 cm³/mol. The van der Waals surface area contributed by atoms with Crippen molar-refractivity contribution in [1.82, 2.24) is 5.32 Å². The van der Waals surface area contributed by atoms with Crippen LogP contribution in [-0.2, 0) is 4.79 Å². The molecule has 17 heavy (non-hydrogen) atoms. The number of halogens is 1. The fourth-order valence-electron chi connectivity index (χ4n) is 1.85. The van der Waals surface area contributed by atoms with Crippen molar-refractivity contribution >= 4 is 17.6 Å². The van der Waals surface area contributed by atoms with Gasteiger partial charge < -0.3 is 5.32 Å². The summed E-state index contributed by atoms with van der Waals surface area (Å²) >= 11 is 0. The molecule has 0 aromatic heterocycles. The third-order valence-corrected chi connectivity index (χ3v) is 2.68. The van der Waals surface area contributed by atoms with Gasteiger partial charge in [-0.1, -0.05) is 13.3 Å². The van der Waals surface area contributed by atoms with Crippen molar-refractivity contribution < 1.29 is 14.0 Å². The van der Waals surface area contributed by atoms with Crippen LogP contribution in [0.2, 0.25) is 0 Å². The highest BCUT2D eigenvalue weighted by Crippen LogP contribution is 2.21. The summed E-state index contributed by atoms with van der Waals surface area (Å²) in [5, 5.41) is 2.61. The van der Waals surface area contributed by atoms with Crippen LogP contribution in [0.3, 0.4) is 0 Å². The Morgan fingerprint density at radius 3 is 2.53 bits per heavy atom. The Morgan fingerprint density at radius 2 is 1.94 bits per heavy atom. The quantitative estimate of drug-likeness (QED) is 0.816. The van der Waals surface area contributed by atoms with Gasteiger partial charge in [0.2, 0.25) is 0 Å². The minimum absolute atomic E-state index is 0.275. The first-order valence-corrected chi connectivity index (χ1v) is 5.53. The van der Waals surface area contributed by atoms with Crippen LogP contribution in [0.5, 0.6) is 0 Å². The Morgan fingerprint density at radius 1 is 1.29 bits per heavy atom. The number of rotatable bonds is 3. The molecular weight excluding hydrogens is 223 g/mol. The van der Waals surface area contributed by atoms with E-state index in [0.717, 1.165) is 11.3 Å². The van der Waals surface area contributed by atoms with Gasteiger partial charge in [-0.05, 0) is 30.7 Å². The number of amides is 3. The maximum Gasteiger partial charge on any atom is 0.329 e. The maximum atomic E-state index is 12.8. The van der Waals surface area contributed by atoms with Gasteiger partial charge in [0, 0.05) is 0 Å². The van der Waals surface area contributed by atoms with Crippen molar-refractivity contribution in [2.24, 2.45) is 0 Å². The minimum Gasteiger partial charge on any atom is -0.325 e. The van der Waals surface area contributed by atoms with Crippen LogP contribution in [0.15, 0.2) is 24.3 Å². The zero-order valence-corrected chi connectivity index (χ0v) is 9.44. The van der Waals surface area contributed by atoms with Crippen molar-refractivity contribution in [1.29, 1.82) is 0 Å². The number of nitrogens with zero attached hydrogens (tertiary/aromatic N) is 1. The minimum atomic E-state index is -0.461. The summed E-state index contributed by atoms with van der Waals surface area (Å²) in [7, 11) is 0. The van der Waals surface area contributed by atoms with E-state index in [0.29, 0.717) is 12.1 Å². The van der Waals surface area contributed by atoms with E-state index in [4.69, 9.17) is 0 Å². The molecular formula is C12H13FN2O2. The van der Waals surface area contributed by atoms with E-state index in [1.54, 1.807) is 0 Å². The molecule has 1 aliphatic rings. The smallest absolute Gasteiger partial charge is 0.325 e. The van der Waals surface area contributed by atoms with E-state index < -0.39 is 17.9 Å². The average Bonchev–Trinajstić information content (AvgIpc) is 2.57. The summed E-state index contributed by atoms with van der Waals surface area (Å²) in [5.74, 6) is -0.672. The molecule has 90 valence electrons. The van der Waals surface area contributed by atoms with E-state index in [1.165, 1.54) is 24.3 Å². The van der Waals surface area contributed by atoms with Crippen LogP contribution < -0.4 is 10.2 Å². The first kappa shape index (κ1) is 11.6. The zero-order valence-electron chi connectivity index (χ0n) is 9.44. The largest absolute Gasteiger partial charge is 0.329 e. The first-order valence-electron chi connectivity index (χ1n) is 5.53. The van der Waals surface area contributed by atoms with E-state index in [9.17, 15) is 14.0 Å². The highest BCUT2D eigenvalue weighted by atomic mass is 19.1. The molecule has 1 saturated heterocycles. The van der Waals surface area contributed by atoms with Crippen LogP contribution >= 0.6 is 0 Å². The monoisotopic (exact) mass is 236 g/mol. The molecule has 4 nitrogen and oxygen atoms in total. The Labute approximate surface area is 98.4 Å². The zero-order chi connectivity index (χ0) is 12.4. The van der Waals surface area contributed by atoms with Gasteiger partial charge in [0.1, 0.15) is 11.9 Å². The average molecular weight is 236 g/mol. The van der Waals surface area contributed by atoms with Crippen LogP contribution in [0, 0.1) is 5.82 Å². The van der Waals surface area contributed by atoms with E-state index in [1.807, 2.05) is 6.92 Å². The number of hydrogen-bond acceptors (Lipinski definition) is 2. The molecule has 1 fully saturated rings. The lowest BCUT2D eigenvalue weighted by Gasteiger charge is -2.12. The SMILES string of the molecule is CCCC1NC(=O)N(c2ccc(F)cc2)C1=O. The van der Waals surface area contributed by atoms with Crippen molar-refractivity contribution in [2.45, 2.75) is 25.8 Å². The summed E-state index contributed by atoms with van der Waals surface area (Å²) in [4.78, 5) is 24.7. The summed E-state index contributed by atoms with van der Waals surface area (Å²) < 4.78 is 12.8. The summed E-state index contributed by atoms with van der Waals surface area (Å²) in [5.41, 5.74) is 0.396. The number of carbonyl (C=O) groups is 2. The van der Waals surface area contributed by atoms with Gasteiger partial charge in [-0.2, -0.15) is 0 Å². The van der Waals surface area contributed by atoms with Crippen LogP contribution in [-0.4, -0.2) is 18.0 Å². The number of urea groups is 1. The van der Waals surface area contributed by atoms with Gasteiger partial charge in [0.15, 0.2) is 0 Å². The summed E-state index contributed by atoms with van der Waals surface area (Å²) in [6.45, 7) is 1.94. The lowest BCUT2D eigenvalue weighted by Crippen LogP contribution is -2.31. The number of anilines is 1. The van der Waals surface area contributed by atoms with Gasteiger partial charge in [0.25, 0.3) is 5.91 Å². The first-order chi connectivity index (χ1) is 8.13. The molecule has 0 spiro atoms. The molecule has 0 radical (unpaired) electrons. The van der Waals surface area contributed by atoms with E-state index in [-0.39, 0.29) is 5.91 Å². The molecule has 1 heterocycles. The van der Waals surface area contributed by atoms with Crippen LogP contribution in [0.4, 0.5) is 14.9 Å². The summed E-state index contributed by atoms with van der Waals surface area (Å²) in [6, 6.07) is 4.38. The molecule has 3 amide bonds. The van der Waals surface area contributed by atoms with Gasteiger partial charge in [0.05, 0.1) is 5.69 Å². The van der Waals surface area contributed by atoms with Crippen LogP contribution in [0.1, 0.15) is 19.8 Å². The van der Waals surface area contributed by atoms with Crippen molar-refractivity contribution in [3.63, 3.8) is 0 Å². The highest BCUT2D eigenvalue weighted by molar-refractivity contribution is 6.21. The molecule has 0 aliphatic carbocycles. The highest BCUT2D eigenvalue weighted by Gasteiger charge is 2.38. The fraction of sp³-hybridized carbons (Fsp3) is 0.333. The molecule has 2 rings (SSSR count). The van der Waals surface area contributed by atoms with Crippen molar-refractivity contribution in [3.05, 3.63) is 30.1 Å². The second kappa shape index (κ2) is 4.53. The van der Waals surface area contributed by atoms with E-state index >= 15 is 0 Å². The molecule has 5 heteroatoms. The molecule has 1 aromatic carbocycles. The molecule has 1 unspecified atom stereocenters. The van der Waals surface area contributed by atoms with Gasteiger partial charge in [-0.3, -0.25) is 4.79 Å². The standard InChI is InChI=1S/C12H13FN2O2/c1-2-3-10-11(16)15(12(17)14-10)9-6-4-8(13)5-7-9/h4-7,10H,2-3H2,1H3,(H,14,17). The number of benzene rings is 1. The third-order valence-electron chi connectivity index (χ3n) is 2.68. The normalized spacial score (nSPS) is 19.6. The van der Waals surface area contributed by atoms with Gasteiger partial charge in [-0.25, -0.2) is 14.1 Å². The fourth-order valence-corrected chi connectivity index (χ4v) is 1.85. The third kappa shape index (κ3) is 2.13.